The van der Waals surface area contributed by atoms with Crippen LogP contribution in [0, 0.1) is 5.92 Å². The van der Waals surface area contributed by atoms with Crippen molar-refractivity contribution in [3.63, 3.8) is 0 Å². The minimum absolute atomic E-state index is 0. The average molecular weight is 285 g/mol. The normalized spacial score (nSPS) is 12.8. The van der Waals surface area contributed by atoms with Gasteiger partial charge in [0.05, 0.1) is 0 Å². The summed E-state index contributed by atoms with van der Waals surface area (Å²) in [6.45, 7) is 12.8. The van der Waals surface area contributed by atoms with Crippen LogP contribution in [0.3, 0.4) is 0 Å². The molecule has 0 aromatic rings. The molecular weight excluding hydrogens is 261 g/mol. The van der Waals surface area contributed by atoms with E-state index in [1.807, 2.05) is 0 Å². The molecule has 0 N–H and O–H groups in total. The summed E-state index contributed by atoms with van der Waals surface area (Å²) >= 11 is 0. The van der Waals surface area contributed by atoms with Crippen molar-refractivity contribution in [3.05, 3.63) is 0 Å². The van der Waals surface area contributed by atoms with Crippen molar-refractivity contribution >= 4 is 24.0 Å². The topological polar surface area (TPSA) is 3.24 Å². The molecule has 2 heteroatoms. The molecule has 0 saturated carbocycles. The predicted molar refractivity (Wildman–Crippen MR) is 67.3 cm³/mol. The first-order chi connectivity index (χ1) is 5.24. The average Bonchev–Trinajstić information content (AvgIpc) is 2.01. The van der Waals surface area contributed by atoms with Crippen molar-refractivity contribution in [2.24, 2.45) is 5.92 Å². The summed E-state index contributed by atoms with van der Waals surface area (Å²) in [7, 11) is 0. The van der Waals surface area contributed by atoms with Gasteiger partial charge < -0.3 is 4.90 Å². The lowest BCUT2D eigenvalue weighted by Crippen LogP contribution is -2.28. The minimum atomic E-state index is 0. The highest BCUT2D eigenvalue weighted by Crippen LogP contribution is 2.06. The van der Waals surface area contributed by atoms with Crippen molar-refractivity contribution in [1.29, 1.82) is 0 Å². The fourth-order valence-corrected chi connectivity index (χ4v) is 1.51. The third kappa shape index (κ3) is 7.35. The van der Waals surface area contributed by atoms with Gasteiger partial charge >= 0.3 is 0 Å². The molecule has 0 aromatic carbocycles. The minimum Gasteiger partial charge on any atom is -0.304 e. The maximum atomic E-state index is 2.50. The van der Waals surface area contributed by atoms with Gasteiger partial charge in [-0.1, -0.05) is 34.1 Å². The van der Waals surface area contributed by atoms with E-state index in [1.54, 1.807) is 0 Å². The molecule has 0 aliphatic carbocycles. The van der Waals surface area contributed by atoms with Crippen LogP contribution >= 0.6 is 24.0 Å². The highest BCUT2D eigenvalue weighted by atomic mass is 127. The quantitative estimate of drug-likeness (QED) is 0.676. The molecule has 1 nitrogen and oxygen atoms in total. The first-order valence-corrected chi connectivity index (χ1v) is 4.96. The zero-order chi connectivity index (χ0) is 8.69. The van der Waals surface area contributed by atoms with Crippen LogP contribution in [0.15, 0.2) is 0 Å². The van der Waals surface area contributed by atoms with Gasteiger partial charge in [-0.25, -0.2) is 0 Å². The van der Waals surface area contributed by atoms with Crippen LogP contribution in [-0.4, -0.2) is 24.5 Å². The van der Waals surface area contributed by atoms with Crippen LogP contribution in [-0.2, 0) is 0 Å². The Morgan fingerprint density at radius 2 is 1.58 bits per heavy atom. The Bertz CT molecular complexity index is 81.9. The van der Waals surface area contributed by atoms with Gasteiger partial charge in [-0.2, -0.15) is 0 Å². The van der Waals surface area contributed by atoms with E-state index in [4.69, 9.17) is 0 Å². The zero-order valence-corrected chi connectivity index (χ0v) is 11.3. The summed E-state index contributed by atoms with van der Waals surface area (Å²) in [5.41, 5.74) is 0. The Hall–Kier alpha value is 0.690. The fourth-order valence-electron chi connectivity index (χ4n) is 1.51. The number of hydrogen-bond acceptors (Lipinski definition) is 1. The smallest absolute Gasteiger partial charge is 0.000678 e. The van der Waals surface area contributed by atoms with E-state index in [2.05, 4.69) is 32.6 Å². The molecule has 0 radical (unpaired) electrons. The van der Waals surface area contributed by atoms with Gasteiger partial charge in [0.25, 0.3) is 0 Å². The van der Waals surface area contributed by atoms with Crippen LogP contribution < -0.4 is 0 Å². The van der Waals surface area contributed by atoms with E-state index in [9.17, 15) is 0 Å². The van der Waals surface area contributed by atoms with E-state index in [0.717, 1.165) is 5.92 Å². The molecule has 0 aromatic heterocycles. The lowest BCUT2D eigenvalue weighted by molar-refractivity contribution is 0.253. The van der Waals surface area contributed by atoms with Crippen molar-refractivity contribution in [2.75, 3.05) is 19.6 Å². The number of rotatable bonds is 6. The van der Waals surface area contributed by atoms with Gasteiger partial charge in [0.1, 0.15) is 0 Å². The lowest BCUT2D eigenvalue weighted by atomic mass is 10.1. The molecule has 0 heterocycles. The SMILES string of the molecule is CCCC(C)CN(CC)CC.I. The second-order valence-corrected chi connectivity index (χ2v) is 3.38. The maximum Gasteiger partial charge on any atom is 0.000678 e. The number of hydrogen-bond donors (Lipinski definition) is 0. The van der Waals surface area contributed by atoms with Gasteiger partial charge in [-0.15, -0.1) is 24.0 Å². The van der Waals surface area contributed by atoms with Gasteiger partial charge in [0, 0.05) is 6.54 Å². The molecule has 0 aliphatic heterocycles. The van der Waals surface area contributed by atoms with E-state index in [-0.39, 0.29) is 24.0 Å². The summed E-state index contributed by atoms with van der Waals surface area (Å²) in [5, 5.41) is 0. The summed E-state index contributed by atoms with van der Waals surface area (Å²) in [6, 6.07) is 0. The molecule has 0 spiro atoms. The number of nitrogens with zero attached hydrogens (tertiary/aromatic N) is 1. The molecule has 1 unspecified atom stereocenters. The Morgan fingerprint density at radius 3 is 1.92 bits per heavy atom. The molecule has 76 valence electrons. The summed E-state index contributed by atoms with van der Waals surface area (Å²) in [5.74, 6) is 0.875. The van der Waals surface area contributed by atoms with Crippen LogP contribution in [0.4, 0.5) is 0 Å². The van der Waals surface area contributed by atoms with Crippen LogP contribution in [0.2, 0.25) is 0 Å². The summed E-state index contributed by atoms with van der Waals surface area (Å²) in [6.07, 6.45) is 2.69. The molecule has 0 saturated heterocycles. The molecule has 0 rings (SSSR count). The Labute approximate surface area is 94.9 Å². The Kier molecular flexibility index (Phi) is 12.4. The van der Waals surface area contributed by atoms with E-state index < -0.39 is 0 Å². The van der Waals surface area contributed by atoms with Crippen molar-refractivity contribution in [3.8, 4) is 0 Å². The summed E-state index contributed by atoms with van der Waals surface area (Å²) < 4.78 is 0. The zero-order valence-electron chi connectivity index (χ0n) is 8.97. The molecule has 12 heavy (non-hydrogen) atoms. The molecule has 0 aliphatic rings. The van der Waals surface area contributed by atoms with Gasteiger partial charge in [-0.3, -0.25) is 0 Å². The van der Waals surface area contributed by atoms with E-state index >= 15 is 0 Å². The van der Waals surface area contributed by atoms with Crippen molar-refractivity contribution < 1.29 is 0 Å². The lowest BCUT2D eigenvalue weighted by Gasteiger charge is -2.22. The van der Waals surface area contributed by atoms with E-state index in [1.165, 1.54) is 32.5 Å². The van der Waals surface area contributed by atoms with Crippen LogP contribution in [0.25, 0.3) is 0 Å². The second kappa shape index (κ2) is 9.78. The first-order valence-electron chi connectivity index (χ1n) is 4.96. The maximum absolute atomic E-state index is 2.50. The first kappa shape index (κ1) is 15.2. The van der Waals surface area contributed by atoms with Gasteiger partial charge in [0.15, 0.2) is 0 Å². The van der Waals surface area contributed by atoms with Gasteiger partial charge in [-0.05, 0) is 25.4 Å². The predicted octanol–water partition coefficient (Wildman–Crippen LogP) is 3.38. The third-order valence-electron chi connectivity index (χ3n) is 2.25. The van der Waals surface area contributed by atoms with Crippen molar-refractivity contribution in [2.45, 2.75) is 40.5 Å². The van der Waals surface area contributed by atoms with Crippen LogP contribution in [0.5, 0.6) is 0 Å². The fraction of sp³-hybridized carbons (Fsp3) is 1.00. The molecular formula is C10H24IN. The van der Waals surface area contributed by atoms with Gasteiger partial charge in [0.2, 0.25) is 0 Å². The van der Waals surface area contributed by atoms with E-state index in [0.29, 0.717) is 0 Å². The second-order valence-electron chi connectivity index (χ2n) is 3.38. The molecule has 0 fully saturated rings. The molecule has 0 amide bonds. The summed E-state index contributed by atoms with van der Waals surface area (Å²) in [4.78, 5) is 2.50. The molecule has 1 atom stereocenters. The standard InChI is InChI=1S/C10H23N.HI/c1-5-8-10(4)9-11(6-2)7-3;/h10H,5-9H2,1-4H3;1H. The molecule has 0 bridgehead atoms. The number of halogens is 1. The van der Waals surface area contributed by atoms with Crippen LogP contribution in [0.1, 0.15) is 40.5 Å². The largest absolute Gasteiger partial charge is 0.304 e. The van der Waals surface area contributed by atoms with Crippen molar-refractivity contribution in [1.82, 2.24) is 4.90 Å². The highest BCUT2D eigenvalue weighted by molar-refractivity contribution is 14.0. The highest BCUT2D eigenvalue weighted by Gasteiger charge is 2.04. The third-order valence-corrected chi connectivity index (χ3v) is 2.25. The monoisotopic (exact) mass is 285 g/mol. The Balaban J connectivity index is 0. The Morgan fingerprint density at radius 1 is 1.08 bits per heavy atom.